The van der Waals surface area contributed by atoms with E-state index in [0.29, 0.717) is 0 Å². The van der Waals surface area contributed by atoms with E-state index < -0.39 is 105 Å². The summed E-state index contributed by atoms with van der Waals surface area (Å²) in [5.74, 6) is -9.72. The lowest BCUT2D eigenvalue weighted by Crippen LogP contribution is -2.63. The summed E-state index contributed by atoms with van der Waals surface area (Å²) >= 11 is 0. The molecular formula is C28H31F3N4O8. The number of fused-ring (bicyclic) bond motifs is 3. The van der Waals surface area contributed by atoms with Crippen molar-refractivity contribution in [2.75, 3.05) is 33.7 Å². The Morgan fingerprint density at radius 3 is 2.40 bits per heavy atom. The monoisotopic (exact) mass is 608 g/mol. The molecule has 1 saturated heterocycles. The van der Waals surface area contributed by atoms with E-state index in [-0.39, 0.29) is 37.5 Å². The van der Waals surface area contributed by atoms with E-state index in [4.69, 9.17) is 5.73 Å². The second-order valence-corrected chi connectivity index (χ2v) is 11.6. The van der Waals surface area contributed by atoms with Gasteiger partial charge in [0.1, 0.15) is 22.8 Å². The van der Waals surface area contributed by atoms with Gasteiger partial charge in [0, 0.05) is 38.0 Å². The highest BCUT2D eigenvalue weighted by molar-refractivity contribution is 6.24. The van der Waals surface area contributed by atoms with Crippen LogP contribution in [0.25, 0.3) is 0 Å². The van der Waals surface area contributed by atoms with E-state index in [2.05, 4.69) is 5.32 Å². The molecule has 0 aromatic heterocycles. The van der Waals surface area contributed by atoms with Crippen LogP contribution in [0.2, 0.25) is 0 Å². The summed E-state index contributed by atoms with van der Waals surface area (Å²) in [5.41, 5.74) is -1.95. The number of benzene rings is 1. The summed E-state index contributed by atoms with van der Waals surface area (Å²) in [4.78, 5) is 53.9. The standard InChI is InChI=1S/C28H31F3N4O8/c1-10(36)35-5-4-33-15(9-35)12-8-16(37)18-13(20(12)28(29,30)31)6-11-7-14-21(34(2)3)23(39)19(26(32)42)25(41)27(14,43)24(40)17(11)22(18)38/h8,11,14-15,21,33,37,39-40,43H,4-7,9H2,1-3H3,(H2,32,42)/t11-,14-,15?,21-,27-/m0/s1. The molecule has 15 heteroatoms. The number of primary amides is 1. The molecule has 43 heavy (non-hydrogen) atoms. The first kappa shape index (κ1) is 30.5. The van der Waals surface area contributed by atoms with Gasteiger partial charge in [0.15, 0.2) is 11.4 Å². The second kappa shape index (κ2) is 10.1. The van der Waals surface area contributed by atoms with Gasteiger partial charge in [-0.05, 0) is 50.0 Å². The van der Waals surface area contributed by atoms with Gasteiger partial charge < -0.3 is 36.4 Å². The van der Waals surface area contributed by atoms with Gasteiger partial charge in [0.25, 0.3) is 5.91 Å². The summed E-state index contributed by atoms with van der Waals surface area (Å²) in [6, 6.07) is -1.50. The number of aromatic hydroxyl groups is 1. The van der Waals surface area contributed by atoms with Crippen LogP contribution in [0.3, 0.4) is 0 Å². The summed E-state index contributed by atoms with van der Waals surface area (Å²) in [6.45, 7) is 1.63. The molecule has 12 nitrogen and oxygen atoms in total. The van der Waals surface area contributed by atoms with Crippen molar-refractivity contribution < 1.29 is 52.8 Å². The van der Waals surface area contributed by atoms with Gasteiger partial charge in [0.2, 0.25) is 11.7 Å². The second-order valence-electron chi connectivity index (χ2n) is 11.6. The van der Waals surface area contributed by atoms with E-state index in [1.54, 1.807) is 0 Å². The number of nitrogens with two attached hydrogens (primary N) is 1. The first-order valence-corrected chi connectivity index (χ1v) is 13.5. The molecule has 5 rings (SSSR count). The summed E-state index contributed by atoms with van der Waals surface area (Å²) in [5, 5.41) is 47.7. The highest BCUT2D eigenvalue weighted by Gasteiger charge is 2.63. The van der Waals surface area contributed by atoms with Crippen LogP contribution in [0.1, 0.15) is 46.4 Å². The van der Waals surface area contributed by atoms with Gasteiger partial charge in [-0.1, -0.05) is 0 Å². The van der Waals surface area contributed by atoms with Gasteiger partial charge in [-0.3, -0.25) is 24.1 Å². The fourth-order valence-electron chi connectivity index (χ4n) is 7.21. The third kappa shape index (κ3) is 4.40. The predicted molar refractivity (Wildman–Crippen MR) is 142 cm³/mol. The number of hydrogen-bond donors (Lipinski definition) is 6. The Labute approximate surface area is 243 Å². The van der Waals surface area contributed by atoms with E-state index in [1.165, 1.54) is 30.8 Å². The number of likely N-dealkylation sites (N-methyl/N-ethyl adjacent to an activating group) is 1. The number of rotatable bonds is 3. The third-order valence-corrected chi connectivity index (χ3v) is 9.04. The molecule has 3 aliphatic carbocycles. The van der Waals surface area contributed by atoms with Gasteiger partial charge >= 0.3 is 6.18 Å². The van der Waals surface area contributed by atoms with Gasteiger partial charge in [-0.25, -0.2) is 0 Å². The first-order chi connectivity index (χ1) is 19.9. The van der Waals surface area contributed by atoms with Crippen molar-refractivity contribution in [2.45, 2.75) is 43.6 Å². The third-order valence-electron chi connectivity index (χ3n) is 9.04. The number of halogens is 3. The number of aliphatic hydroxyl groups is 3. The normalized spacial score (nSPS) is 29.4. The number of phenolic OH excluding ortho intramolecular Hbond substituents is 1. The van der Waals surface area contributed by atoms with Crippen LogP contribution in [0.4, 0.5) is 13.2 Å². The zero-order valence-corrected chi connectivity index (χ0v) is 23.4. The largest absolute Gasteiger partial charge is 0.510 e. The lowest BCUT2D eigenvalue weighted by atomic mass is 9.58. The van der Waals surface area contributed by atoms with Crippen LogP contribution >= 0.6 is 0 Å². The fraction of sp³-hybridized carbons (Fsp3) is 0.500. The topological polar surface area (TPSA) is 194 Å². The van der Waals surface area contributed by atoms with Crippen LogP contribution in [0.5, 0.6) is 5.75 Å². The van der Waals surface area contributed by atoms with Gasteiger partial charge in [-0.2, -0.15) is 13.2 Å². The van der Waals surface area contributed by atoms with Crippen LogP contribution in [-0.4, -0.2) is 99.0 Å². The van der Waals surface area contributed by atoms with E-state index in [9.17, 15) is 52.8 Å². The number of alkyl halides is 3. The quantitative estimate of drug-likeness (QED) is 0.265. The zero-order chi connectivity index (χ0) is 31.9. The maximum atomic E-state index is 14.8. The van der Waals surface area contributed by atoms with Gasteiger partial charge in [-0.15, -0.1) is 0 Å². The maximum Gasteiger partial charge on any atom is 0.417 e. The molecule has 1 aromatic rings. The van der Waals surface area contributed by atoms with Crippen molar-refractivity contribution in [1.29, 1.82) is 0 Å². The minimum Gasteiger partial charge on any atom is -0.510 e. The van der Waals surface area contributed by atoms with Crippen LogP contribution in [0.15, 0.2) is 28.7 Å². The zero-order valence-electron chi connectivity index (χ0n) is 23.4. The number of hydrogen-bond acceptors (Lipinski definition) is 10. The molecule has 4 aliphatic rings. The van der Waals surface area contributed by atoms with E-state index >= 15 is 0 Å². The molecule has 232 valence electrons. The Kier molecular flexibility index (Phi) is 7.14. The number of carbonyl (C=O) groups is 4. The van der Waals surface area contributed by atoms with Crippen LogP contribution in [-0.2, 0) is 27.0 Å². The van der Waals surface area contributed by atoms with Crippen molar-refractivity contribution in [1.82, 2.24) is 15.1 Å². The Morgan fingerprint density at radius 1 is 1.19 bits per heavy atom. The van der Waals surface area contributed by atoms with Crippen molar-refractivity contribution in [3.8, 4) is 5.75 Å². The molecule has 1 aliphatic heterocycles. The number of allylic oxidation sites excluding steroid dienone is 1. The van der Waals surface area contributed by atoms with Crippen molar-refractivity contribution in [3.63, 3.8) is 0 Å². The number of carbonyl (C=O) groups excluding carboxylic acids is 4. The molecule has 2 amide bonds. The Hall–Kier alpha value is -3.95. The number of piperazine rings is 1. The summed E-state index contributed by atoms with van der Waals surface area (Å²) in [6.07, 6.45) is -5.88. The average Bonchev–Trinajstić information content (AvgIpc) is 2.89. The molecule has 0 bridgehead atoms. The lowest BCUT2D eigenvalue weighted by molar-refractivity contribution is -0.148. The molecule has 1 fully saturated rings. The average molecular weight is 609 g/mol. The Balaban J connectivity index is 1.71. The lowest BCUT2D eigenvalue weighted by Gasteiger charge is -2.50. The maximum absolute atomic E-state index is 14.8. The Bertz CT molecular complexity index is 1530. The molecule has 0 radical (unpaired) electrons. The highest BCUT2D eigenvalue weighted by Crippen LogP contribution is 2.54. The Morgan fingerprint density at radius 2 is 1.84 bits per heavy atom. The minimum atomic E-state index is -5.00. The van der Waals surface area contributed by atoms with Gasteiger partial charge in [0.05, 0.1) is 23.2 Å². The smallest absolute Gasteiger partial charge is 0.417 e. The first-order valence-electron chi connectivity index (χ1n) is 13.5. The molecule has 1 aromatic carbocycles. The van der Waals surface area contributed by atoms with Crippen molar-refractivity contribution >= 4 is 23.4 Å². The SMILES string of the molecule is CC(=O)N1CCNC(c2cc(O)c3c(c2C(F)(F)F)C[C@H]2C[C@H]4[C@H](N(C)C)C(O)=C(C(N)=O)C(=O)[C@@]4(O)C(O)=C2C3=O)C1. The molecule has 1 heterocycles. The highest BCUT2D eigenvalue weighted by atomic mass is 19.4. The number of ketones is 2. The number of nitrogens with one attached hydrogen (secondary N) is 1. The molecule has 1 unspecified atom stereocenters. The number of phenols is 1. The summed E-state index contributed by atoms with van der Waals surface area (Å²) in [7, 11) is 2.89. The number of amides is 2. The van der Waals surface area contributed by atoms with E-state index in [1.807, 2.05) is 0 Å². The molecule has 7 N–H and O–H groups in total. The van der Waals surface area contributed by atoms with Crippen LogP contribution in [0, 0.1) is 11.8 Å². The molecular weight excluding hydrogens is 577 g/mol. The number of Topliss-reactive ketones (excluding diaryl/α,β-unsaturated/α-hetero) is 2. The predicted octanol–water partition coefficient (Wildman–Crippen LogP) is 0.632. The molecule has 5 atom stereocenters. The fourth-order valence-corrected chi connectivity index (χ4v) is 7.21. The molecule has 0 saturated carbocycles. The number of aliphatic hydroxyl groups excluding tert-OH is 2. The minimum absolute atomic E-state index is 0.116. The van der Waals surface area contributed by atoms with Crippen molar-refractivity contribution in [3.05, 3.63) is 51.0 Å². The van der Waals surface area contributed by atoms with Crippen molar-refractivity contribution in [2.24, 2.45) is 17.6 Å². The summed E-state index contributed by atoms with van der Waals surface area (Å²) < 4.78 is 44.4. The number of nitrogens with zero attached hydrogens (tertiary/aromatic N) is 2. The van der Waals surface area contributed by atoms with E-state index in [0.717, 1.165) is 6.07 Å². The molecule has 0 spiro atoms. The van der Waals surface area contributed by atoms with Crippen LogP contribution < -0.4 is 11.1 Å².